The summed E-state index contributed by atoms with van der Waals surface area (Å²) in [6, 6.07) is 15.8. The van der Waals surface area contributed by atoms with Gasteiger partial charge in [0.15, 0.2) is 0 Å². The molecule has 192 valence electrons. The summed E-state index contributed by atoms with van der Waals surface area (Å²) >= 11 is 1.63. The highest BCUT2D eigenvalue weighted by Gasteiger charge is 2.16. The van der Waals surface area contributed by atoms with Crippen molar-refractivity contribution >= 4 is 40.9 Å². The van der Waals surface area contributed by atoms with Gasteiger partial charge in [-0.1, -0.05) is 60.7 Å². The Morgan fingerprint density at radius 3 is 2.84 bits per heavy atom. The van der Waals surface area contributed by atoms with Gasteiger partial charge in [-0.15, -0.1) is 11.3 Å². The van der Waals surface area contributed by atoms with E-state index in [4.69, 9.17) is 4.99 Å². The van der Waals surface area contributed by atoms with Gasteiger partial charge in [0.2, 0.25) is 5.91 Å². The number of benzene rings is 2. The summed E-state index contributed by atoms with van der Waals surface area (Å²) in [5, 5.41) is 17.3. The standard InChI is InChI=1S/C32H31N3O2S/c1-33-31(35-32(37)18-22-12-13-23-7-3-2-4-8-24(23)17-22)21-29(30-11-6-16-38-30)34-27-10-5-9-25-20-28(36)15-14-26(25)19-27/h2-3,6-8,10-17,20,36H,4-5,9,18-19,21H2,1H3,(H,33,35,37). The first kappa shape index (κ1) is 25.6. The largest absolute Gasteiger partial charge is 0.508 e. The van der Waals surface area contributed by atoms with Crippen molar-refractivity contribution in [3.8, 4) is 5.75 Å². The Morgan fingerprint density at radius 1 is 1.08 bits per heavy atom. The van der Waals surface area contributed by atoms with Crippen molar-refractivity contribution in [1.29, 1.82) is 0 Å². The van der Waals surface area contributed by atoms with Crippen LogP contribution in [-0.2, 0) is 24.1 Å². The molecule has 1 amide bonds. The number of hydrogen-bond donors (Lipinski definition) is 2. The minimum absolute atomic E-state index is 0.0887. The van der Waals surface area contributed by atoms with Gasteiger partial charge in [0, 0.05) is 30.5 Å². The number of aryl methyl sites for hydroxylation is 1. The average molecular weight is 522 g/mol. The number of phenolic OH excluding ortho intramolecular Hbond substituents is 1. The highest BCUT2D eigenvalue weighted by molar-refractivity contribution is 7.12. The highest BCUT2D eigenvalue weighted by Crippen LogP contribution is 2.26. The van der Waals surface area contributed by atoms with Crippen LogP contribution in [0.15, 0.2) is 87.8 Å². The molecule has 0 atom stereocenters. The Kier molecular flexibility index (Phi) is 8.09. The molecule has 5 nitrogen and oxygen atoms in total. The molecule has 6 heteroatoms. The van der Waals surface area contributed by atoms with E-state index in [0.717, 1.165) is 51.9 Å². The quantitative estimate of drug-likeness (QED) is 0.367. The number of rotatable bonds is 6. The zero-order chi connectivity index (χ0) is 26.3. The van der Waals surface area contributed by atoms with E-state index in [9.17, 15) is 9.90 Å². The molecule has 1 heterocycles. The summed E-state index contributed by atoms with van der Waals surface area (Å²) in [6.45, 7) is 0. The predicted molar refractivity (Wildman–Crippen MR) is 157 cm³/mol. The molecule has 1 aromatic heterocycles. The number of nitrogens with zero attached hydrogens (tertiary/aromatic N) is 2. The molecule has 0 bridgehead atoms. The third kappa shape index (κ3) is 6.45. The van der Waals surface area contributed by atoms with E-state index in [2.05, 4.69) is 58.9 Å². The van der Waals surface area contributed by atoms with E-state index in [1.807, 2.05) is 29.6 Å². The molecule has 0 unspecified atom stereocenters. The van der Waals surface area contributed by atoms with Crippen molar-refractivity contribution in [3.63, 3.8) is 0 Å². The predicted octanol–water partition coefficient (Wildman–Crippen LogP) is 4.61. The van der Waals surface area contributed by atoms with E-state index in [-0.39, 0.29) is 12.3 Å². The molecule has 2 aliphatic carbocycles. The van der Waals surface area contributed by atoms with E-state index in [1.54, 1.807) is 24.5 Å². The van der Waals surface area contributed by atoms with Gasteiger partial charge in [0.1, 0.15) is 11.6 Å². The van der Waals surface area contributed by atoms with Crippen LogP contribution in [0.1, 0.15) is 40.8 Å². The summed E-state index contributed by atoms with van der Waals surface area (Å²) in [5.74, 6) is 0.809. The molecule has 2 aliphatic rings. The fourth-order valence-electron chi connectivity index (χ4n) is 4.80. The number of hydrogen-bond acceptors (Lipinski definition) is 5. The lowest BCUT2D eigenvalue weighted by molar-refractivity contribution is -0.119. The van der Waals surface area contributed by atoms with Crippen LogP contribution in [0, 0.1) is 0 Å². The van der Waals surface area contributed by atoms with Crippen LogP contribution in [-0.4, -0.2) is 29.6 Å². The van der Waals surface area contributed by atoms with Crippen LogP contribution < -0.4 is 15.8 Å². The van der Waals surface area contributed by atoms with Gasteiger partial charge < -0.3 is 10.4 Å². The summed E-state index contributed by atoms with van der Waals surface area (Å²) in [6.07, 6.45) is 14.7. The average Bonchev–Trinajstić information content (AvgIpc) is 3.25. The van der Waals surface area contributed by atoms with E-state index in [0.29, 0.717) is 24.4 Å². The molecule has 5 rings (SSSR count). The number of carbonyl (C=O) groups is 1. The number of allylic oxidation sites excluding steroid dienone is 4. The fraction of sp³-hybridized carbons (Fsp3) is 0.219. The topological polar surface area (TPSA) is 74.1 Å². The van der Waals surface area contributed by atoms with Crippen LogP contribution in [0.2, 0.25) is 0 Å². The van der Waals surface area contributed by atoms with Crippen molar-refractivity contribution in [1.82, 2.24) is 5.32 Å². The minimum atomic E-state index is -0.0887. The molecule has 2 N–H and O–H groups in total. The van der Waals surface area contributed by atoms with Crippen molar-refractivity contribution in [2.24, 2.45) is 9.98 Å². The van der Waals surface area contributed by atoms with Gasteiger partial charge in [-0.3, -0.25) is 14.8 Å². The Morgan fingerprint density at radius 2 is 2.00 bits per heavy atom. The summed E-state index contributed by atoms with van der Waals surface area (Å²) in [7, 11) is 1.70. The van der Waals surface area contributed by atoms with Crippen molar-refractivity contribution < 1.29 is 9.90 Å². The van der Waals surface area contributed by atoms with Crippen molar-refractivity contribution in [3.05, 3.63) is 110 Å². The van der Waals surface area contributed by atoms with Crippen molar-refractivity contribution in [2.75, 3.05) is 7.05 Å². The summed E-state index contributed by atoms with van der Waals surface area (Å²) < 4.78 is 0. The molecule has 2 aromatic carbocycles. The Hall–Kier alpha value is -4.03. The fourth-order valence-corrected chi connectivity index (χ4v) is 5.51. The lowest BCUT2D eigenvalue weighted by Crippen LogP contribution is -2.34. The molecule has 0 aliphatic heterocycles. The van der Waals surface area contributed by atoms with Gasteiger partial charge in [-0.05, 0) is 70.0 Å². The molecular formula is C32H31N3O2S. The summed E-state index contributed by atoms with van der Waals surface area (Å²) in [5.41, 5.74) is 5.20. The number of carbonyl (C=O) groups excluding carboxylic acids is 1. The number of fused-ring (bicyclic) bond motifs is 2. The molecule has 0 spiro atoms. The SMILES string of the molecule is CN=C(CC(=NC1=CCCc2cc(O)ccc2C1)c1cccs1)NC(=O)Cc1ccc2c(c1)=CCC=CC=2. The van der Waals surface area contributed by atoms with Gasteiger partial charge >= 0.3 is 0 Å². The zero-order valence-electron chi connectivity index (χ0n) is 21.5. The molecular weight excluding hydrogens is 490 g/mol. The molecule has 0 radical (unpaired) electrons. The number of phenols is 1. The third-order valence-corrected chi connectivity index (χ3v) is 7.65. The lowest BCUT2D eigenvalue weighted by atomic mass is 10.0. The van der Waals surface area contributed by atoms with E-state index < -0.39 is 0 Å². The Labute approximate surface area is 227 Å². The van der Waals surface area contributed by atoms with Crippen LogP contribution in [0.5, 0.6) is 5.75 Å². The van der Waals surface area contributed by atoms with Crippen LogP contribution in [0.3, 0.4) is 0 Å². The maximum atomic E-state index is 13.0. The highest BCUT2D eigenvalue weighted by atomic mass is 32.1. The van der Waals surface area contributed by atoms with Crippen molar-refractivity contribution in [2.45, 2.75) is 38.5 Å². The third-order valence-electron chi connectivity index (χ3n) is 6.73. The Bertz CT molecular complexity index is 1580. The monoisotopic (exact) mass is 521 g/mol. The van der Waals surface area contributed by atoms with Gasteiger partial charge in [0.05, 0.1) is 12.1 Å². The van der Waals surface area contributed by atoms with E-state index >= 15 is 0 Å². The first-order chi connectivity index (χ1) is 18.6. The van der Waals surface area contributed by atoms with Gasteiger partial charge in [-0.2, -0.15) is 0 Å². The van der Waals surface area contributed by atoms with Crippen LogP contribution >= 0.6 is 11.3 Å². The maximum Gasteiger partial charge on any atom is 0.229 e. The van der Waals surface area contributed by atoms with Crippen LogP contribution in [0.25, 0.3) is 12.2 Å². The van der Waals surface area contributed by atoms with Crippen LogP contribution in [0.4, 0.5) is 0 Å². The second kappa shape index (κ2) is 12.0. The number of thiophene rings is 1. The first-order valence-electron chi connectivity index (χ1n) is 12.9. The van der Waals surface area contributed by atoms with Gasteiger partial charge in [-0.25, -0.2) is 0 Å². The molecule has 0 saturated carbocycles. The number of amides is 1. The molecule has 3 aromatic rings. The smallest absolute Gasteiger partial charge is 0.229 e. The molecule has 0 fully saturated rings. The summed E-state index contributed by atoms with van der Waals surface area (Å²) in [4.78, 5) is 23.5. The Balaban J connectivity index is 1.32. The minimum Gasteiger partial charge on any atom is -0.508 e. The second-order valence-electron chi connectivity index (χ2n) is 9.47. The normalized spacial score (nSPS) is 15.2. The van der Waals surface area contributed by atoms with Gasteiger partial charge in [0.25, 0.3) is 0 Å². The number of amidine groups is 1. The second-order valence-corrected chi connectivity index (χ2v) is 10.4. The molecule has 0 saturated heterocycles. The first-order valence-corrected chi connectivity index (χ1v) is 13.8. The lowest BCUT2D eigenvalue weighted by Gasteiger charge is -2.12. The maximum absolute atomic E-state index is 13.0. The van der Waals surface area contributed by atoms with E-state index in [1.165, 1.54) is 10.8 Å². The number of aliphatic imine (C=N–C) groups is 2. The molecule has 38 heavy (non-hydrogen) atoms. The number of nitrogens with one attached hydrogen (secondary N) is 1. The number of aromatic hydroxyl groups is 1. The zero-order valence-corrected chi connectivity index (χ0v) is 22.3.